The van der Waals surface area contributed by atoms with Crippen LogP contribution in [0.25, 0.3) is 0 Å². The molecule has 1 heterocycles. The molecule has 0 bridgehead atoms. The molecule has 0 aromatic heterocycles. The maximum absolute atomic E-state index is 4.56. The number of thiol groups is 1. The van der Waals surface area contributed by atoms with Gasteiger partial charge in [0.2, 0.25) is 0 Å². The van der Waals surface area contributed by atoms with Crippen molar-refractivity contribution in [3.8, 4) is 0 Å². The van der Waals surface area contributed by atoms with Crippen LogP contribution in [0.5, 0.6) is 0 Å². The molecule has 2 atom stereocenters. The molecule has 1 saturated carbocycles. The molecule has 0 radical (unpaired) electrons. The zero-order chi connectivity index (χ0) is 10.9. The molecular formula is C13H25NS. The summed E-state index contributed by atoms with van der Waals surface area (Å²) < 4.78 is 0. The molecule has 1 nitrogen and oxygen atoms in total. The Bertz CT molecular complexity index is 197. The third-order valence-electron chi connectivity index (χ3n) is 4.64. The summed E-state index contributed by atoms with van der Waals surface area (Å²) in [7, 11) is 0. The molecule has 2 aliphatic rings. The highest BCUT2D eigenvalue weighted by Crippen LogP contribution is 2.43. The van der Waals surface area contributed by atoms with Crippen molar-refractivity contribution in [2.45, 2.75) is 64.5 Å². The number of likely N-dealkylation sites (tertiary alicyclic amines) is 1. The number of piperidine rings is 1. The van der Waals surface area contributed by atoms with E-state index in [0.717, 1.165) is 17.8 Å². The predicted molar refractivity (Wildman–Crippen MR) is 69.6 cm³/mol. The first-order valence-electron chi connectivity index (χ1n) is 6.53. The quantitative estimate of drug-likeness (QED) is 0.724. The average Bonchev–Trinajstić information content (AvgIpc) is 2.15. The Kier molecular flexibility index (Phi) is 3.67. The molecule has 0 aromatic carbocycles. The van der Waals surface area contributed by atoms with Crippen molar-refractivity contribution in [3.63, 3.8) is 0 Å². The number of rotatable bonds is 3. The Balaban J connectivity index is 1.96. The van der Waals surface area contributed by atoms with Gasteiger partial charge in [-0.2, -0.15) is 12.6 Å². The zero-order valence-electron chi connectivity index (χ0n) is 10.2. The van der Waals surface area contributed by atoms with Gasteiger partial charge in [0.15, 0.2) is 0 Å². The fourth-order valence-electron chi connectivity index (χ4n) is 3.22. The van der Waals surface area contributed by atoms with E-state index in [9.17, 15) is 0 Å². The Morgan fingerprint density at radius 1 is 1.13 bits per heavy atom. The highest BCUT2D eigenvalue weighted by atomic mass is 32.1. The second kappa shape index (κ2) is 4.67. The van der Waals surface area contributed by atoms with E-state index in [1.165, 1.54) is 45.1 Å². The molecule has 1 aliphatic carbocycles. The van der Waals surface area contributed by atoms with Crippen LogP contribution in [0.2, 0.25) is 0 Å². The lowest BCUT2D eigenvalue weighted by atomic mass is 9.69. The SMILES string of the molecule is C[C@@H]1CCC[C@H](C)N1CC1(CS)CCC1. The lowest BCUT2D eigenvalue weighted by Gasteiger charge is -2.49. The predicted octanol–water partition coefficient (Wildman–Crippen LogP) is 3.35. The number of nitrogens with zero attached hydrogens (tertiary/aromatic N) is 1. The van der Waals surface area contributed by atoms with E-state index in [2.05, 4.69) is 31.4 Å². The van der Waals surface area contributed by atoms with Gasteiger partial charge in [0.1, 0.15) is 0 Å². The Labute approximate surface area is 100 Å². The fraction of sp³-hybridized carbons (Fsp3) is 1.00. The lowest BCUT2D eigenvalue weighted by Crippen LogP contribution is -2.52. The molecule has 0 amide bonds. The summed E-state index contributed by atoms with van der Waals surface area (Å²) in [6.45, 7) is 6.11. The van der Waals surface area contributed by atoms with Crippen molar-refractivity contribution in [1.82, 2.24) is 4.90 Å². The van der Waals surface area contributed by atoms with Gasteiger partial charge in [-0.3, -0.25) is 4.90 Å². The van der Waals surface area contributed by atoms with Crippen LogP contribution in [0.15, 0.2) is 0 Å². The maximum atomic E-state index is 4.56. The van der Waals surface area contributed by atoms with Gasteiger partial charge in [-0.25, -0.2) is 0 Å². The van der Waals surface area contributed by atoms with Crippen molar-refractivity contribution >= 4 is 12.6 Å². The van der Waals surface area contributed by atoms with Gasteiger partial charge in [-0.15, -0.1) is 0 Å². The summed E-state index contributed by atoms with van der Waals surface area (Å²) in [6.07, 6.45) is 8.46. The van der Waals surface area contributed by atoms with Gasteiger partial charge in [0, 0.05) is 18.6 Å². The van der Waals surface area contributed by atoms with Gasteiger partial charge in [-0.1, -0.05) is 12.8 Å². The van der Waals surface area contributed by atoms with Gasteiger partial charge < -0.3 is 0 Å². The van der Waals surface area contributed by atoms with Crippen LogP contribution in [-0.2, 0) is 0 Å². The highest BCUT2D eigenvalue weighted by Gasteiger charge is 2.39. The van der Waals surface area contributed by atoms with Crippen molar-refractivity contribution in [1.29, 1.82) is 0 Å². The molecular weight excluding hydrogens is 202 g/mol. The molecule has 0 N–H and O–H groups in total. The molecule has 0 aromatic rings. The van der Waals surface area contributed by atoms with E-state index in [0.29, 0.717) is 5.41 Å². The number of hydrogen-bond donors (Lipinski definition) is 1. The van der Waals surface area contributed by atoms with Gasteiger partial charge >= 0.3 is 0 Å². The van der Waals surface area contributed by atoms with Crippen LogP contribution in [0.1, 0.15) is 52.4 Å². The first-order valence-corrected chi connectivity index (χ1v) is 7.17. The summed E-state index contributed by atoms with van der Waals surface area (Å²) in [4.78, 5) is 2.75. The van der Waals surface area contributed by atoms with Crippen LogP contribution >= 0.6 is 12.6 Å². The minimum Gasteiger partial charge on any atom is -0.297 e. The van der Waals surface area contributed by atoms with Crippen LogP contribution in [0, 0.1) is 5.41 Å². The molecule has 88 valence electrons. The molecule has 0 spiro atoms. The Hall–Kier alpha value is 0.310. The molecule has 1 aliphatic heterocycles. The molecule has 0 unspecified atom stereocenters. The van der Waals surface area contributed by atoms with Crippen LogP contribution in [0.3, 0.4) is 0 Å². The van der Waals surface area contributed by atoms with E-state index in [1.807, 2.05) is 0 Å². The minimum atomic E-state index is 0.572. The van der Waals surface area contributed by atoms with Crippen LogP contribution < -0.4 is 0 Å². The third kappa shape index (κ3) is 2.36. The Morgan fingerprint density at radius 3 is 2.13 bits per heavy atom. The molecule has 2 fully saturated rings. The maximum Gasteiger partial charge on any atom is 0.00699 e. The van der Waals surface area contributed by atoms with Crippen molar-refractivity contribution in [2.24, 2.45) is 5.41 Å². The standard InChI is InChI=1S/C13H25NS/c1-11-5-3-6-12(2)14(11)9-13(10-15)7-4-8-13/h11-12,15H,3-10H2,1-2H3/t11-,12+. The monoisotopic (exact) mass is 227 g/mol. The van der Waals surface area contributed by atoms with Crippen molar-refractivity contribution in [3.05, 3.63) is 0 Å². The van der Waals surface area contributed by atoms with Gasteiger partial charge in [0.05, 0.1) is 0 Å². The molecule has 2 rings (SSSR count). The molecule has 1 saturated heterocycles. The van der Waals surface area contributed by atoms with Crippen LogP contribution in [0.4, 0.5) is 0 Å². The second-order valence-electron chi connectivity index (χ2n) is 5.81. The van der Waals surface area contributed by atoms with E-state index in [-0.39, 0.29) is 0 Å². The fourth-order valence-corrected chi connectivity index (χ4v) is 3.63. The molecule has 2 heteroatoms. The normalized spacial score (nSPS) is 36.2. The number of hydrogen-bond acceptors (Lipinski definition) is 2. The highest BCUT2D eigenvalue weighted by molar-refractivity contribution is 7.80. The summed E-state index contributed by atoms with van der Waals surface area (Å²) >= 11 is 4.56. The summed E-state index contributed by atoms with van der Waals surface area (Å²) in [5.74, 6) is 1.09. The average molecular weight is 227 g/mol. The van der Waals surface area contributed by atoms with E-state index < -0.39 is 0 Å². The minimum absolute atomic E-state index is 0.572. The summed E-state index contributed by atoms with van der Waals surface area (Å²) in [5.41, 5.74) is 0.572. The van der Waals surface area contributed by atoms with E-state index >= 15 is 0 Å². The topological polar surface area (TPSA) is 3.24 Å². The third-order valence-corrected chi connectivity index (χ3v) is 5.31. The smallest absolute Gasteiger partial charge is 0.00699 e. The summed E-state index contributed by atoms with van der Waals surface area (Å²) in [6, 6.07) is 1.59. The largest absolute Gasteiger partial charge is 0.297 e. The molecule has 15 heavy (non-hydrogen) atoms. The summed E-state index contributed by atoms with van der Waals surface area (Å²) in [5, 5.41) is 0. The van der Waals surface area contributed by atoms with Gasteiger partial charge in [0.25, 0.3) is 0 Å². The lowest BCUT2D eigenvalue weighted by molar-refractivity contribution is 0.0215. The van der Waals surface area contributed by atoms with Crippen LogP contribution in [-0.4, -0.2) is 29.3 Å². The zero-order valence-corrected chi connectivity index (χ0v) is 11.1. The first kappa shape index (κ1) is 11.8. The van der Waals surface area contributed by atoms with Gasteiger partial charge in [-0.05, 0) is 50.7 Å². The van der Waals surface area contributed by atoms with Crippen molar-refractivity contribution < 1.29 is 0 Å². The van der Waals surface area contributed by atoms with E-state index in [1.54, 1.807) is 0 Å². The van der Waals surface area contributed by atoms with E-state index in [4.69, 9.17) is 0 Å². The van der Waals surface area contributed by atoms with Crippen molar-refractivity contribution in [2.75, 3.05) is 12.3 Å². The Morgan fingerprint density at radius 2 is 1.73 bits per heavy atom. The second-order valence-corrected chi connectivity index (χ2v) is 6.13. The first-order chi connectivity index (χ1) is 7.17.